The molecular formula is C12H24. The summed E-state index contributed by atoms with van der Waals surface area (Å²) in [6.07, 6.45) is 8.77. The lowest BCUT2D eigenvalue weighted by molar-refractivity contribution is 0.424. The fourth-order valence-corrected chi connectivity index (χ4v) is 2.17. The van der Waals surface area contributed by atoms with Crippen LogP contribution in [0.5, 0.6) is 0 Å². The lowest BCUT2D eigenvalue weighted by atomic mass is 9.96. The Kier molecular flexibility index (Phi) is 4.11. The minimum Gasteiger partial charge on any atom is -0.0651 e. The summed E-state index contributed by atoms with van der Waals surface area (Å²) >= 11 is 0. The Morgan fingerprint density at radius 2 is 1.83 bits per heavy atom. The Labute approximate surface area is 77.7 Å². The summed E-state index contributed by atoms with van der Waals surface area (Å²) in [6, 6.07) is 0. The van der Waals surface area contributed by atoms with Gasteiger partial charge >= 0.3 is 0 Å². The molecule has 2 unspecified atom stereocenters. The van der Waals surface area contributed by atoms with Gasteiger partial charge in [-0.15, -0.1) is 0 Å². The van der Waals surface area contributed by atoms with Gasteiger partial charge in [-0.05, 0) is 24.2 Å². The highest BCUT2D eigenvalue weighted by Crippen LogP contribution is 2.41. The highest BCUT2D eigenvalue weighted by molar-refractivity contribution is 4.81. The van der Waals surface area contributed by atoms with E-state index in [-0.39, 0.29) is 0 Å². The number of hydrogen-bond acceptors (Lipinski definition) is 0. The van der Waals surface area contributed by atoms with E-state index in [1.165, 1.54) is 38.5 Å². The van der Waals surface area contributed by atoms with Gasteiger partial charge in [0.25, 0.3) is 0 Å². The van der Waals surface area contributed by atoms with Crippen molar-refractivity contribution in [2.75, 3.05) is 0 Å². The topological polar surface area (TPSA) is 0 Å². The predicted octanol–water partition coefficient (Wildman–Crippen LogP) is 4.25. The van der Waals surface area contributed by atoms with Gasteiger partial charge in [-0.2, -0.15) is 0 Å². The van der Waals surface area contributed by atoms with Crippen molar-refractivity contribution in [1.82, 2.24) is 0 Å². The smallest absolute Gasteiger partial charge is 0.0386 e. The van der Waals surface area contributed by atoms with E-state index in [0.717, 1.165) is 17.8 Å². The van der Waals surface area contributed by atoms with Crippen molar-refractivity contribution in [1.29, 1.82) is 0 Å². The lowest BCUT2D eigenvalue weighted by Gasteiger charge is -2.10. The van der Waals surface area contributed by atoms with Crippen LogP contribution in [0, 0.1) is 17.8 Å². The largest absolute Gasteiger partial charge is 0.0651 e. The second-order valence-corrected chi connectivity index (χ2v) is 4.59. The molecule has 12 heavy (non-hydrogen) atoms. The molecule has 0 saturated heterocycles. The van der Waals surface area contributed by atoms with Crippen LogP contribution >= 0.6 is 0 Å². The summed E-state index contributed by atoms with van der Waals surface area (Å²) in [7, 11) is 0. The van der Waals surface area contributed by atoms with Crippen molar-refractivity contribution in [2.24, 2.45) is 17.8 Å². The lowest BCUT2D eigenvalue weighted by Crippen LogP contribution is -1.96. The molecule has 0 aliphatic heterocycles. The summed E-state index contributed by atoms with van der Waals surface area (Å²) in [4.78, 5) is 0. The molecule has 0 amide bonds. The predicted molar refractivity (Wildman–Crippen MR) is 55.2 cm³/mol. The molecule has 1 aliphatic carbocycles. The molecule has 0 aromatic heterocycles. The SMILES string of the molecule is CCC(CC)CCCC1CC1C. The second-order valence-electron chi connectivity index (χ2n) is 4.59. The summed E-state index contributed by atoms with van der Waals surface area (Å²) in [6.45, 7) is 7.05. The summed E-state index contributed by atoms with van der Waals surface area (Å²) in [5.41, 5.74) is 0. The molecule has 0 spiro atoms. The van der Waals surface area contributed by atoms with Gasteiger partial charge in [-0.25, -0.2) is 0 Å². The maximum Gasteiger partial charge on any atom is -0.0386 e. The molecule has 0 nitrogen and oxygen atoms in total. The first-order valence-electron chi connectivity index (χ1n) is 5.77. The Hall–Kier alpha value is 0. The second kappa shape index (κ2) is 4.89. The highest BCUT2D eigenvalue weighted by Gasteiger charge is 2.31. The van der Waals surface area contributed by atoms with Gasteiger partial charge in [0.15, 0.2) is 0 Å². The third-order valence-corrected chi connectivity index (χ3v) is 3.62. The van der Waals surface area contributed by atoms with Crippen LogP contribution < -0.4 is 0 Å². The standard InChI is InChI=1S/C12H24/c1-4-11(5-2)7-6-8-12-9-10(12)3/h10-12H,4-9H2,1-3H3. The van der Waals surface area contributed by atoms with Crippen LogP contribution in [0.25, 0.3) is 0 Å². The average molecular weight is 168 g/mol. The fourth-order valence-electron chi connectivity index (χ4n) is 2.17. The fraction of sp³-hybridized carbons (Fsp3) is 1.00. The Morgan fingerprint density at radius 3 is 2.25 bits per heavy atom. The minimum absolute atomic E-state index is 1.01. The van der Waals surface area contributed by atoms with Gasteiger partial charge in [0, 0.05) is 0 Å². The zero-order valence-electron chi connectivity index (χ0n) is 8.97. The molecule has 0 N–H and O–H groups in total. The summed E-state index contributed by atoms with van der Waals surface area (Å²) in [5.74, 6) is 3.19. The Balaban J connectivity index is 1.93. The van der Waals surface area contributed by atoms with Gasteiger partial charge in [0.2, 0.25) is 0 Å². The van der Waals surface area contributed by atoms with Crippen LogP contribution in [-0.2, 0) is 0 Å². The first kappa shape index (κ1) is 10.1. The molecule has 2 atom stereocenters. The molecule has 1 aliphatic rings. The van der Waals surface area contributed by atoms with Crippen LogP contribution in [0.2, 0.25) is 0 Å². The maximum absolute atomic E-state index is 2.39. The number of hydrogen-bond donors (Lipinski definition) is 0. The molecular weight excluding hydrogens is 144 g/mol. The van der Waals surface area contributed by atoms with Crippen LogP contribution in [-0.4, -0.2) is 0 Å². The Morgan fingerprint density at radius 1 is 1.25 bits per heavy atom. The highest BCUT2D eigenvalue weighted by atomic mass is 14.4. The maximum atomic E-state index is 2.39. The zero-order chi connectivity index (χ0) is 8.97. The molecule has 0 aromatic carbocycles. The van der Waals surface area contributed by atoms with E-state index in [1.807, 2.05) is 0 Å². The number of rotatable bonds is 6. The van der Waals surface area contributed by atoms with E-state index in [0.29, 0.717) is 0 Å². The summed E-state index contributed by atoms with van der Waals surface area (Å²) in [5, 5.41) is 0. The van der Waals surface area contributed by atoms with Gasteiger partial charge in [-0.1, -0.05) is 52.9 Å². The van der Waals surface area contributed by atoms with Crippen LogP contribution in [0.15, 0.2) is 0 Å². The quantitative estimate of drug-likeness (QED) is 0.556. The first-order valence-corrected chi connectivity index (χ1v) is 5.77. The van der Waals surface area contributed by atoms with E-state index in [2.05, 4.69) is 20.8 Å². The van der Waals surface area contributed by atoms with Gasteiger partial charge < -0.3 is 0 Å². The summed E-state index contributed by atoms with van der Waals surface area (Å²) < 4.78 is 0. The minimum atomic E-state index is 1.01. The van der Waals surface area contributed by atoms with Crippen molar-refractivity contribution >= 4 is 0 Å². The zero-order valence-corrected chi connectivity index (χ0v) is 8.97. The van der Waals surface area contributed by atoms with Crippen molar-refractivity contribution in [3.05, 3.63) is 0 Å². The van der Waals surface area contributed by atoms with Crippen LogP contribution in [0.1, 0.15) is 59.3 Å². The van der Waals surface area contributed by atoms with Crippen molar-refractivity contribution < 1.29 is 0 Å². The van der Waals surface area contributed by atoms with Gasteiger partial charge in [0.1, 0.15) is 0 Å². The third kappa shape index (κ3) is 3.16. The molecule has 0 aromatic rings. The molecule has 1 fully saturated rings. The third-order valence-electron chi connectivity index (χ3n) is 3.62. The molecule has 1 rings (SSSR count). The van der Waals surface area contributed by atoms with Crippen molar-refractivity contribution in [2.45, 2.75) is 59.3 Å². The molecule has 1 saturated carbocycles. The molecule has 0 radical (unpaired) electrons. The average Bonchev–Trinajstić information content (AvgIpc) is 2.76. The van der Waals surface area contributed by atoms with Gasteiger partial charge in [0.05, 0.1) is 0 Å². The normalized spacial score (nSPS) is 28.0. The molecule has 0 bridgehead atoms. The van der Waals surface area contributed by atoms with E-state index in [4.69, 9.17) is 0 Å². The van der Waals surface area contributed by atoms with E-state index >= 15 is 0 Å². The Bertz CT molecular complexity index is 113. The molecule has 0 heteroatoms. The van der Waals surface area contributed by atoms with Gasteiger partial charge in [-0.3, -0.25) is 0 Å². The first-order chi connectivity index (χ1) is 5.77. The van der Waals surface area contributed by atoms with E-state index < -0.39 is 0 Å². The van der Waals surface area contributed by atoms with Crippen LogP contribution in [0.3, 0.4) is 0 Å². The van der Waals surface area contributed by atoms with Crippen molar-refractivity contribution in [3.8, 4) is 0 Å². The van der Waals surface area contributed by atoms with Crippen LogP contribution in [0.4, 0.5) is 0 Å². The molecule has 0 heterocycles. The van der Waals surface area contributed by atoms with E-state index in [1.54, 1.807) is 0 Å². The molecule has 72 valence electrons. The van der Waals surface area contributed by atoms with Crippen molar-refractivity contribution in [3.63, 3.8) is 0 Å². The van der Waals surface area contributed by atoms with E-state index in [9.17, 15) is 0 Å². The monoisotopic (exact) mass is 168 g/mol.